The largest absolute Gasteiger partial charge is 0.293 e. The normalized spacial score (nSPS) is 12.6. The highest BCUT2D eigenvalue weighted by atomic mass is 35.5. The number of halogens is 1. The third-order valence-electron chi connectivity index (χ3n) is 5.85. The Bertz CT molecular complexity index is 1680. The molecule has 7 aromatic rings. The molecule has 0 amide bonds. The molecule has 27 heavy (non-hydrogen) atoms. The maximum atomic E-state index is 6.26. The Morgan fingerprint density at radius 3 is 1.81 bits per heavy atom. The number of hydrogen-bond acceptors (Lipinski definition) is 0. The standard InChI is InChI=1S/C24H13ClN2/c25-16-10-9-14-12-21-22(13-15(14)11-16)27-20-8-4-2-6-18(20)23-17-5-1-3-7-19(17)26(21)24(23)27/h1-13H. The van der Waals surface area contributed by atoms with Gasteiger partial charge in [-0.1, -0.05) is 54.1 Å². The number of nitrogens with zero attached hydrogens (tertiary/aromatic N) is 2. The molecule has 7 rings (SSSR count). The Balaban J connectivity index is 1.90. The van der Waals surface area contributed by atoms with Gasteiger partial charge in [0, 0.05) is 21.2 Å². The average molecular weight is 365 g/mol. The molecule has 0 unspecified atom stereocenters. The van der Waals surface area contributed by atoms with Crippen LogP contribution in [0.5, 0.6) is 0 Å². The van der Waals surface area contributed by atoms with Crippen molar-refractivity contribution in [3.05, 3.63) is 83.9 Å². The van der Waals surface area contributed by atoms with Crippen LogP contribution in [0, 0.1) is 0 Å². The van der Waals surface area contributed by atoms with Crippen LogP contribution in [0.1, 0.15) is 0 Å². The number of rotatable bonds is 0. The predicted octanol–water partition coefficient (Wildman–Crippen LogP) is 6.90. The highest BCUT2D eigenvalue weighted by molar-refractivity contribution is 6.31. The monoisotopic (exact) mass is 364 g/mol. The Labute approximate surface area is 159 Å². The van der Waals surface area contributed by atoms with E-state index in [1.54, 1.807) is 0 Å². The van der Waals surface area contributed by atoms with Crippen molar-refractivity contribution in [1.82, 2.24) is 8.80 Å². The zero-order valence-electron chi connectivity index (χ0n) is 14.3. The van der Waals surface area contributed by atoms with E-state index in [9.17, 15) is 0 Å². The van der Waals surface area contributed by atoms with Crippen LogP contribution >= 0.6 is 11.6 Å². The minimum atomic E-state index is 0.771. The lowest BCUT2D eigenvalue weighted by Gasteiger charge is -2.01. The molecule has 0 aliphatic rings. The number of fused-ring (bicyclic) bond motifs is 10. The summed E-state index contributed by atoms with van der Waals surface area (Å²) in [5.41, 5.74) is 6.22. The maximum Gasteiger partial charge on any atom is 0.131 e. The molecule has 0 fully saturated rings. The van der Waals surface area contributed by atoms with Crippen LogP contribution in [0.2, 0.25) is 5.02 Å². The van der Waals surface area contributed by atoms with E-state index in [0.29, 0.717) is 0 Å². The number of imidazole rings is 1. The van der Waals surface area contributed by atoms with E-state index < -0.39 is 0 Å². The minimum Gasteiger partial charge on any atom is -0.293 e. The van der Waals surface area contributed by atoms with E-state index in [4.69, 9.17) is 11.6 Å². The van der Waals surface area contributed by atoms with Crippen molar-refractivity contribution in [1.29, 1.82) is 0 Å². The van der Waals surface area contributed by atoms with E-state index in [2.05, 4.69) is 75.5 Å². The first-order valence-corrected chi connectivity index (χ1v) is 9.46. The summed E-state index contributed by atoms with van der Waals surface area (Å²) in [4.78, 5) is 0. The molecule has 3 aromatic heterocycles. The van der Waals surface area contributed by atoms with E-state index in [-0.39, 0.29) is 0 Å². The van der Waals surface area contributed by atoms with E-state index in [1.165, 1.54) is 54.6 Å². The van der Waals surface area contributed by atoms with Gasteiger partial charge in [0.1, 0.15) is 5.65 Å². The number of aromatic nitrogens is 2. The number of para-hydroxylation sites is 2. The summed E-state index contributed by atoms with van der Waals surface area (Å²) in [6, 6.07) is 28.1. The second-order valence-electron chi connectivity index (χ2n) is 7.24. The van der Waals surface area contributed by atoms with Gasteiger partial charge in [-0.25, -0.2) is 0 Å². The van der Waals surface area contributed by atoms with Crippen molar-refractivity contribution in [2.24, 2.45) is 0 Å². The highest BCUT2D eigenvalue weighted by Crippen LogP contribution is 2.41. The molecular formula is C24H13ClN2. The molecule has 2 nitrogen and oxygen atoms in total. The summed E-state index contributed by atoms with van der Waals surface area (Å²) in [7, 11) is 0. The Hall–Kier alpha value is -3.23. The van der Waals surface area contributed by atoms with Gasteiger partial charge in [-0.15, -0.1) is 0 Å². The van der Waals surface area contributed by atoms with E-state index >= 15 is 0 Å². The quantitative estimate of drug-likeness (QED) is 0.277. The van der Waals surface area contributed by atoms with Gasteiger partial charge < -0.3 is 0 Å². The van der Waals surface area contributed by atoms with Gasteiger partial charge in [-0.05, 0) is 47.2 Å². The molecule has 0 saturated carbocycles. The molecule has 0 spiro atoms. The Kier molecular flexibility index (Phi) is 2.34. The molecule has 4 aromatic carbocycles. The van der Waals surface area contributed by atoms with E-state index in [1.807, 2.05) is 12.1 Å². The van der Waals surface area contributed by atoms with Crippen LogP contribution in [0.3, 0.4) is 0 Å². The molecule has 0 atom stereocenters. The van der Waals surface area contributed by atoms with Gasteiger partial charge in [-0.2, -0.15) is 0 Å². The lowest BCUT2D eigenvalue weighted by molar-refractivity contribution is 1.29. The second kappa shape index (κ2) is 4.54. The molecule has 0 aliphatic carbocycles. The van der Waals surface area contributed by atoms with Gasteiger partial charge in [0.2, 0.25) is 0 Å². The lowest BCUT2D eigenvalue weighted by atomic mass is 10.1. The van der Waals surface area contributed by atoms with Gasteiger partial charge in [-0.3, -0.25) is 8.80 Å². The van der Waals surface area contributed by atoms with Crippen molar-refractivity contribution in [3.8, 4) is 0 Å². The van der Waals surface area contributed by atoms with Crippen molar-refractivity contribution in [3.63, 3.8) is 0 Å². The third-order valence-corrected chi connectivity index (χ3v) is 6.09. The fourth-order valence-corrected chi connectivity index (χ4v) is 4.97. The summed E-state index contributed by atoms with van der Waals surface area (Å²) in [6.07, 6.45) is 0. The molecule has 126 valence electrons. The topological polar surface area (TPSA) is 8.82 Å². The van der Waals surface area contributed by atoms with E-state index in [0.717, 1.165) is 5.02 Å². The van der Waals surface area contributed by atoms with Gasteiger partial charge in [0.05, 0.1) is 22.1 Å². The maximum absolute atomic E-state index is 6.26. The van der Waals surface area contributed by atoms with Crippen molar-refractivity contribution < 1.29 is 0 Å². The van der Waals surface area contributed by atoms with Crippen LogP contribution < -0.4 is 0 Å². The molecule has 0 bridgehead atoms. The first-order valence-electron chi connectivity index (χ1n) is 9.08. The van der Waals surface area contributed by atoms with Crippen molar-refractivity contribution in [2.45, 2.75) is 0 Å². The van der Waals surface area contributed by atoms with Crippen molar-refractivity contribution >= 4 is 66.2 Å². The molecular weight excluding hydrogens is 352 g/mol. The summed E-state index contributed by atoms with van der Waals surface area (Å²) in [5.74, 6) is 0. The molecule has 3 heteroatoms. The Morgan fingerprint density at radius 1 is 0.556 bits per heavy atom. The first kappa shape index (κ1) is 13.9. The zero-order valence-corrected chi connectivity index (χ0v) is 15.0. The zero-order chi connectivity index (χ0) is 17.7. The van der Waals surface area contributed by atoms with Crippen LogP contribution in [0.25, 0.3) is 54.6 Å². The van der Waals surface area contributed by atoms with Gasteiger partial charge in [0.15, 0.2) is 0 Å². The SMILES string of the molecule is Clc1ccc2cc3c(cc2c1)n1c2ccccc2c2c4ccccc4n3c21. The smallest absolute Gasteiger partial charge is 0.131 e. The Morgan fingerprint density at radius 2 is 1.15 bits per heavy atom. The molecule has 0 saturated heterocycles. The minimum absolute atomic E-state index is 0.771. The second-order valence-corrected chi connectivity index (χ2v) is 7.67. The predicted molar refractivity (Wildman–Crippen MR) is 115 cm³/mol. The lowest BCUT2D eigenvalue weighted by Crippen LogP contribution is -1.81. The number of benzene rings is 4. The molecule has 0 radical (unpaired) electrons. The highest BCUT2D eigenvalue weighted by Gasteiger charge is 2.22. The average Bonchev–Trinajstić information content (AvgIpc) is 3.30. The summed E-state index contributed by atoms with van der Waals surface area (Å²) >= 11 is 6.26. The summed E-state index contributed by atoms with van der Waals surface area (Å²) in [6.45, 7) is 0. The van der Waals surface area contributed by atoms with Crippen LogP contribution in [0.4, 0.5) is 0 Å². The van der Waals surface area contributed by atoms with Crippen LogP contribution in [-0.4, -0.2) is 8.80 Å². The van der Waals surface area contributed by atoms with Crippen LogP contribution in [-0.2, 0) is 0 Å². The first-order chi connectivity index (χ1) is 13.3. The fourth-order valence-electron chi connectivity index (χ4n) is 4.79. The molecule has 0 aliphatic heterocycles. The van der Waals surface area contributed by atoms with Gasteiger partial charge in [0.25, 0.3) is 0 Å². The van der Waals surface area contributed by atoms with Crippen molar-refractivity contribution in [2.75, 3.05) is 0 Å². The molecule has 3 heterocycles. The fraction of sp³-hybridized carbons (Fsp3) is 0. The molecule has 0 N–H and O–H groups in total. The number of hydrogen-bond donors (Lipinski definition) is 0. The summed E-state index contributed by atoms with van der Waals surface area (Å²) < 4.78 is 4.81. The summed E-state index contributed by atoms with van der Waals surface area (Å²) in [5, 5.41) is 7.09. The van der Waals surface area contributed by atoms with Gasteiger partial charge >= 0.3 is 0 Å². The third kappa shape index (κ3) is 1.54. The van der Waals surface area contributed by atoms with Crippen LogP contribution in [0.15, 0.2) is 78.9 Å².